The van der Waals surface area contributed by atoms with Gasteiger partial charge in [-0.2, -0.15) is 0 Å². The van der Waals surface area contributed by atoms with Crippen LogP contribution in [0.1, 0.15) is 22.2 Å². The average Bonchev–Trinajstić information content (AvgIpc) is 2.91. The van der Waals surface area contributed by atoms with E-state index in [9.17, 15) is 14.9 Å². The van der Waals surface area contributed by atoms with Crippen molar-refractivity contribution in [2.75, 3.05) is 0 Å². The molecule has 1 atom stereocenters. The van der Waals surface area contributed by atoms with Gasteiger partial charge in [0, 0.05) is 29.5 Å². The first-order chi connectivity index (χ1) is 9.97. The Labute approximate surface area is 130 Å². The van der Waals surface area contributed by atoms with Crippen LogP contribution < -0.4 is 5.32 Å². The van der Waals surface area contributed by atoms with Gasteiger partial charge in [-0.05, 0) is 24.4 Å². The van der Waals surface area contributed by atoms with Gasteiger partial charge in [0.15, 0.2) is 0 Å². The summed E-state index contributed by atoms with van der Waals surface area (Å²) in [4.78, 5) is 23.5. The van der Waals surface area contributed by atoms with Gasteiger partial charge in [-0.1, -0.05) is 17.7 Å². The molecule has 1 N–H and O–H groups in total. The highest BCUT2D eigenvalue weighted by Gasteiger charge is 2.17. The van der Waals surface area contributed by atoms with E-state index in [0.717, 1.165) is 4.88 Å². The van der Waals surface area contributed by atoms with E-state index in [-0.39, 0.29) is 22.3 Å². The first kappa shape index (κ1) is 15.5. The van der Waals surface area contributed by atoms with Crippen LogP contribution in [0.4, 0.5) is 5.69 Å². The van der Waals surface area contributed by atoms with Gasteiger partial charge in [0.1, 0.15) is 0 Å². The monoisotopic (exact) mass is 324 g/mol. The molecule has 0 bridgehead atoms. The minimum atomic E-state index is -0.553. The molecule has 1 aromatic heterocycles. The molecule has 0 aliphatic rings. The highest BCUT2D eigenvalue weighted by atomic mass is 35.5. The fourth-order valence-corrected chi connectivity index (χ4v) is 2.92. The number of nitrogens with one attached hydrogen (secondary N) is 1. The molecule has 0 saturated heterocycles. The number of nitrogens with zero attached hydrogens (tertiary/aromatic N) is 1. The maximum absolute atomic E-state index is 12.2. The molecule has 0 saturated carbocycles. The Morgan fingerprint density at radius 2 is 2.24 bits per heavy atom. The minimum Gasteiger partial charge on any atom is -0.349 e. The Morgan fingerprint density at radius 1 is 1.48 bits per heavy atom. The van der Waals surface area contributed by atoms with E-state index in [4.69, 9.17) is 11.6 Å². The smallest absolute Gasteiger partial charge is 0.270 e. The maximum atomic E-state index is 12.2. The van der Waals surface area contributed by atoms with Crippen molar-refractivity contribution in [3.05, 3.63) is 61.3 Å². The zero-order valence-corrected chi connectivity index (χ0v) is 12.8. The molecule has 5 nitrogen and oxygen atoms in total. The molecule has 0 spiro atoms. The number of rotatable bonds is 5. The van der Waals surface area contributed by atoms with Crippen LogP contribution in [-0.4, -0.2) is 16.9 Å². The van der Waals surface area contributed by atoms with Crippen LogP contribution in [0.15, 0.2) is 35.7 Å². The number of carbonyl (C=O) groups excluding carboxylic acids is 1. The first-order valence-corrected chi connectivity index (χ1v) is 7.50. The standard InChI is InChI=1S/C14H13ClN2O3S/c1-9(7-11-3-2-6-21-11)16-14(18)12-8-10(17(19)20)4-5-13(12)15/h2-6,8-9H,7H2,1H3,(H,16,18). The first-order valence-electron chi connectivity index (χ1n) is 6.24. The van der Waals surface area contributed by atoms with Gasteiger partial charge >= 0.3 is 0 Å². The highest BCUT2D eigenvalue weighted by molar-refractivity contribution is 7.09. The molecule has 21 heavy (non-hydrogen) atoms. The molecule has 1 heterocycles. The molecular weight excluding hydrogens is 312 g/mol. The van der Waals surface area contributed by atoms with Gasteiger partial charge in [0.05, 0.1) is 15.5 Å². The predicted octanol–water partition coefficient (Wildman–Crippen LogP) is 3.67. The number of halogens is 1. The molecule has 0 aliphatic heterocycles. The summed E-state index contributed by atoms with van der Waals surface area (Å²) >= 11 is 7.56. The zero-order valence-electron chi connectivity index (χ0n) is 11.2. The third-order valence-corrected chi connectivity index (χ3v) is 4.10. The van der Waals surface area contributed by atoms with E-state index in [2.05, 4.69) is 5.32 Å². The van der Waals surface area contributed by atoms with Crippen molar-refractivity contribution in [1.29, 1.82) is 0 Å². The summed E-state index contributed by atoms with van der Waals surface area (Å²) in [5, 5.41) is 15.7. The Morgan fingerprint density at radius 3 is 2.86 bits per heavy atom. The number of thiophene rings is 1. The third-order valence-electron chi connectivity index (χ3n) is 2.87. The van der Waals surface area contributed by atoms with Gasteiger partial charge in [-0.15, -0.1) is 11.3 Å². The molecule has 7 heteroatoms. The van der Waals surface area contributed by atoms with Gasteiger partial charge in [-0.25, -0.2) is 0 Å². The van der Waals surface area contributed by atoms with Crippen molar-refractivity contribution in [2.24, 2.45) is 0 Å². The van der Waals surface area contributed by atoms with Gasteiger partial charge in [-0.3, -0.25) is 14.9 Å². The fourth-order valence-electron chi connectivity index (χ4n) is 1.88. The summed E-state index contributed by atoms with van der Waals surface area (Å²) in [6.45, 7) is 1.88. The zero-order chi connectivity index (χ0) is 15.4. The normalized spacial score (nSPS) is 11.9. The molecular formula is C14H13ClN2O3S. The molecule has 1 unspecified atom stereocenters. The lowest BCUT2D eigenvalue weighted by atomic mass is 10.1. The second kappa shape index (κ2) is 6.69. The van der Waals surface area contributed by atoms with E-state index >= 15 is 0 Å². The number of carbonyl (C=O) groups is 1. The maximum Gasteiger partial charge on any atom is 0.270 e. The SMILES string of the molecule is CC(Cc1cccs1)NC(=O)c1cc([N+](=O)[O-])ccc1Cl. The summed E-state index contributed by atoms with van der Waals surface area (Å²) in [6, 6.07) is 7.67. The Hall–Kier alpha value is -1.92. The van der Waals surface area contributed by atoms with Crippen molar-refractivity contribution < 1.29 is 9.72 Å². The summed E-state index contributed by atoms with van der Waals surface area (Å²) in [5.41, 5.74) is -0.0423. The topological polar surface area (TPSA) is 72.2 Å². The summed E-state index contributed by atoms with van der Waals surface area (Å²) in [7, 11) is 0. The molecule has 2 aromatic rings. The fraction of sp³-hybridized carbons (Fsp3) is 0.214. The van der Waals surface area contributed by atoms with Crippen LogP contribution >= 0.6 is 22.9 Å². The van der Waals surface area contributed by atoms with Gasteiger partial charge < -0.3 is 5.32 Å². The van der Waals surface area contributed by atoms with Crippen molar-refractivity contribution >= 4 is 34.5 Å². The van der Waals surface area contributed by atoms with Crippen molar-refractivity contribution in [3.63, 3.8) is 0 Å². The predicted molar refractivity (Wildman–Crippen MR) is 83.1 cm³/mol. The summed E-state index contributed by atoms with van der Waals surface area (Å²) in [5.74, 6) is -0.409. The van der Waals surface area contributed by atoms with E-state index in [0.29, 0.717) is 6.42 Å². The Kier molecular flexibility index (Phi) is 4.93. The second-order valence-electron chi connectivity index (χ2n) is 4.58. The number of amides is 1. The van der Waals surface area contributed by atoms with Crippen LogP contribution in [-0.2, 0) is 6.42 Å². The Bertz CT molecular complexity index is 658. The molecule has 1 amide bonds. The third kappa shape index (κ3) is 4.03. The number of non-ortho nitro benzene ring substituents is 1. The van der Waals surface area contributed by atoms with E-state index < -0.39 is 10.8 Å². The average molecular weight is 325 g/mol. The van der Waals surface area contributed by atoms with Crippen LogP contribution in [0.3, 0.4) is 0 Å². The van der Waals surface area contributed by atoms with Gasteiger partial charge in [0.2, 0.25) is 0 Å². The number of hydrogen-bond acceptors (Lipinski definition) is 4. The molecule has 0 fully saturated rings. The lowest BCUT2D eigenvalue weighted by molar-refractivity contribution is -0.384. The number of nitro groups is 1. The van der Waals surface area contributed by atoms with Crippen LogP contribution in [0.2, 0.25) is 5.02 Å². The lowest BCUT2D eigenvalue weighted by Crippen LogP contribution is -2.34. The summed E-state index contributed by atoms with van der Waals surface area (Å²) < 4.78 is 0. The second-order valence-corrected chi connectivity index (χ2v) is 6.02. The minimum absolute atomic E-state index is 0.0912. The van der Waals surface area contributed by atoms with Crippen LogP contribution in [0, 0.1) is 10.1 Å². The van der Waals surface area contributed by atoms with Crippen molar-refractivity contribution in [3.8, 4) is 0 Å². The Balaban J connectivity index is 2.09. The van der Waals surface area contributed by atoms with Crippen LogP contribution in [0.5, 0.6) is 0 Å². The quantitative estimate of drug-likeness (QED) is 0.673. The van der Waals surface area contributed by atoms with Crippen molar-refractivity contribution in [2.45, 2.75) is 19.4 Å². The summed E-state index contributed by atoms with van der Waals surface area (Å²) in [6.07, 6.45) is 0.704. The molecule has 2 rings (SSSR count). The number of benzene rings is 1. The van der Waals surface area contributed by atoms with E-state index in [1.807, 2.05) is 24.4 Å². The van der Waals surface area contributed by atoms with Crippen molar-refractivity contribution in [1.82, 2.24) is 5.32 Å². The number of nitro benzene ring substituents is 1. The molecule has 0 aliphatic carbocycles. The highest BCUT2D eigenvalue weighted by Crippen LogP contribution is 2.22. The van der Waals surface area contributed by atoms with E-state index in [1.54, 1.807) is 11.3 Å². The van der Waals surface area contributed by atoms with Crippen LogP contribution in [0.25, 0.3) is 0 Å². The van der Waals surface area contributed by atoms with E-state index in [1.165, 1.54) is 18.2 Å². The van der Waals surface area contributed by atoms with Gasteiger partial charge in [0.25, 0.3) is 11.6 Å². The molecule has 110 valence electrons. The lowest BCUT2D eigenvalue weighted by Gasteiger charge is -2.13. The molecule has 1 aromatic carbocycles. The number of hydrogen-bond donors (Lipinski definition) is 1. The largest absolute Gasteiger partial charge is 0.349 e. The molecule has 0 radical (unpaired) electrons.